The number of halogens is 2. The van der Waals surface area contributed by atoms with Gasteiger partial charge in [-0.3, -0.25) is 15.1 Å². The van der Waals surface area contributed by atoms with Crippen molar-refractivity contribution in [2.24, 2.45) is 0 Å². The molecule has 3 aromatic rings. The molecule has 0 unspecified atom stereocenters. The van der Waals surface area contributed by atoms with E-state index in [1.807, 2.05) is 0 Å². The van der Waals surface area contributed by atoms with Gasteiger partial charge in [-0.1, -0.05) is 30.3 Å². The molecule has 0 saturated carbocycles. The summed E-state index contributed by atoms with van der Waals surface area (Å²) in [6.45, 7) is 0.311. The van der Waals surface area contributed by atoms with Crippen LogP contribution in [0.25, 0.3) is 0 Å². The summed E-state index contributed by atoms with van der Waals surface area (Å²) < 4.78 is 54.6. The number of hydrogen-bond donors (Lipinski definition) is 1. The minimum absolute atomic E-state index is 0.0499. The van der Waals surface area contributed by atoms with Crippen molar-refractivity contribution in [3.05, 3.63) is 113 Å². The molecule has 4 rings (SSSR count). The predicted molar refractivity (Wildman–Crippen MR) is 135 cm³/mol. The third-order valence-corrected chi connectivity index (χ3v) is 7.81. The average Bonchev–Trinajstić information content (AvgIpc) is 2.90. The fraction of sp³-hybridized carbons (Fsp3) is 0.222. The molecule has 1 amide bonds. The Morgan fingerprint density at radius 3 is 2.08 bits per heavy atom. The number of benzene rings is 3. The average molecular weight is 528 g/mol. The minimum Gasteiger partial charge on any atom is -0.345 e. The van der Waals surface area contributed by atoms with Gasteiger partial charge in [0.1, 0.15) is 17.7 Å². The van der Waals surface area contributed by atoms with Gasteiger partial charge in [0, 0.05) is 44.9 Å². The van der Waals surface area contributed by atoms with Gasteiger partial charge in [0.15, 0.2) is 0 Å². The van der Waals surface area contributed by atoms with Crippen molar-refractivity contribution in [2.75, 3.05) is 27.2 Å². The zero-order chi connectivity index (χ0) is 26.6. The molecule has 194 valence electrons. The molecular weight excluding hydrogens is 500 g/mol. The highest BCUT2D eigenvalue weighted by Gasteiger charge is 2.27. The van der Waals surface area contributed by atoms with Gasteiger partial charge in [-0.05, 0) is 59.7 Å². The first-order chi connectivity index (χ1) is 17.6. The first kappa shape index (κ1) is 26.5. The van der Waals surface area contributed by atoms with Gasteiger partial charge in [0.25, 0.3) is 5.91 Å². The summed E-state index contributed by atoms with van der Waals surface area (Å²) in [5.41, 5.74) is 5.19. The normalized spacial score (nSPS) is 14.4. The van der Waals surface area contributed by atoms with Crippen LogP contribution in [0.2, 0.25) is 0 Å². The third-order valence-electron chi connectivity index (χ3n) is 5.95. The number of amides is 1. The molecule has 10 heteroatoms. The van der Waals surface area contributed by atoms with Crippen LogP contribution in [0.3, 0.4) is 0 Å². The summed E-state index contributed by atoms with van der Waals surface area (Å²) in [6, 6.07) is 17.6. The number of carbonyl (C=O) groups is 1. The van der Waals surface area contributed by atoms with Crippen molar-refractivity contribution in [3.8, 4) is 0 Å². The van der Waals surface area contributed by atoms with Crippen molar-refractivity contribution < 1.29 is 26.8 Å². The maximum Gasteiger partial charge on any atom is 0.253 e. The molecule has 7 nitrogen and oxygen atoms in total. The lowest BCUT2D eigenvalue weighted by molar-refractivity contribution is 0.0109. The Balaban J connectivity index is 1.47. The summed E-state index contributed by atoms with van der Waals surface area (Å²) in [6.07, 6.45) is 1.41. The molecule has 0 saturated heterocycles. The van der Waals surface area contributed by atoms with E-state index in [-0.39, 0.29) is 35.5 Å². The highest BCUT2D eigenvalue weighted by molar-refractivity contribution is 7.89. The Bertz CT molecular complexity index is 1350. The molecule has 1 N–H and O–H groups in total. The van der Waals surface area contributed by atoms with E-state index >= 15 is 0 Å². The number of nitrogens with one attached hydrogen (secondary N) is 1. The largest absolute Gasteiger partial charge is 0.345 e. The summed E-state index contributed by atoms with van der Waals surface area (Å²) in [4.78, 5) is 19.6. The van der Waals surface area contributed by atoms with Gasteiger partial charge in [-0.25, -0.2) is 17.2 Å². The summed E-state index contributed by atoms with van der Waals surface area (Å²) in [5, 5.41) is 0. The molecule has 0 atom stereocenters. The molecule has 1 heterocycles. The van der Waals surface area contributed by atoms with Gasteiger partial charge in [0.2, 0.25) is 10.0 Å². The number of rotatable bonds is 8. The van der Waals surface area contributed by atoms with Gasteiger partial charge in [0.05, 0.1) is 4.90 Å². The molecule has 0 bridgehead atoms. The molecule has 37 heavy (non-hydrogen) atoms. The van der Waals surface area contributed by atoms with Crippen LogP contribution in [0.5, 0.6) is 0 Å². The van der Waals surface area contributed by atoms with E-state index < -0.39 is 16.1 Å². The topological polar surface area (TPSA) is 79.0 Å². The fourth-order valence-electron chi connectivity index (χ4n) is 3.90. The molecular formula is C27H27F2N3O4S. The SMILES string of the molecule is CN(C)C(=O)c1cccc(S(=O)(=O)N2CC=C(NOC(c3ccc(F)cc3)c3ccc(F)cc3)CC2)c1. The second kappa shape index (κ2) is 11.2. The van der Waals surface area contributed by atoms with E-state index in [4.69, 9.17) is 4.84 Å². The van der Waals surface area contributed by atoms with Gasteiger partial charge >= 0.3 is 0 Å². The van der Waals surface area contributed by atoms with Crippen LogP contribution < -0.4 is 5.48 Å². The minimum atomic E-state index is -3.81. The maximum atomic E-state index is 13.4. The molecule has 0 aliphatic carbocycles. The smallest absolute Gasteiger partial charge is 0.253 e. The van der Waals surface area contributed by atoms with E-state index in [9.17, 15) is 22.0 Å². The summed E-state index contributed by atoms with van der Waals surface area (Å²) >= 11 is 0. The first-order valence-electron chi connectivity index (χ1n) is 11.6. The molecule has 0 fully saturated rings. The van der Waals surface area contributed by atoms with Crippen LogP contribution in [0.1, 0.15) is 34.0 Å². The zero-order valence-electron chi connectivity index (χ0n) is 20.4. The van der Waals surface area contributed by atoms with Crippen LogP contribution in [-0.4, -0.2) is 50.7 Å². The molecule has 0 radical (unpaired) electrons. The molecule has 1 aliphatic heterocycles. The van der Waals surface area contributed by atoms with Gasteiger partial charge < -0.3 is 4.90 Å². The van der Waals surface area contributed by atoms with Crippen LogP contribution in [0.4, 0.5) is 8.78 Å². The third kappa shape index (κ3) is 6.22. The summed E-state index contributed by atoms with van der Waals surface area (Å²) in [5.74, 6) is -1.05. The number of hydroxylamine groups is 1. The number of hydrogen-bond acceptors (Lipinski definition) is 5. The van der Waals surface area contributed by atoms with E-state index in [0.717, 1.165) is 0 Å². The lowest BCUT2D eigenvalue weighted by atomic mass is 10.0. The quantitative estimate of drug-likeness (QED) is 0.443. The molecule has 0 spiro atoms. The lowest BCUT2D eigenvalue weighted by Crippen LogP contribution is -2.37. The molecule has 1 aliphatic rings. The monoisotopic (exact) mass is 527 g/mol. The van der Waals surface area contributed by atoms with Gasteiger partial charge in [-0.2, -0.15) is 4.31 Å². The Morgan fingerprint density at radius 2 is 1.57 bits per heavy atom. The second-order valence-corrected chi connectivity index (χ2v) is 10.7. The van der Waals surface area contributed by atoms with E-state index in [1.165, 1.54) is 45.6 Å². The van der Waals surface area contributed by atoms with Crippen molar-refractivity contribution in [2.45, 2.75) is 17.4 Å². The zero-order valence-corrected chi connectivity index (χ0v) is 21.2. The summed E-state index contributed by atoms with van der Waals surface area (Å²) in [7, 11) is -0.607. The van der Waals surface area contributed by atoms with E-state index in [2.05, 4.69) is 5.48 Å². The van der Waals surface area contributed by atoms with E-state index in [0.29, 0.717) is 28.8 Å². The van der Waals surface area contributed by atoms with Crippen LogP contribution >= 0.6 is 0 Å². The van der Waals surface area contributed by atoms with Crippen molar-refractivity contribution in [1.82, 2.24) is 14.7 Å². The fourth-order valence-corrected chi connectivity index (χ4v) is 5.32. The maximum absolute atomic E-state index is 13.4. The van der Waals surface area contributed by atoms with Crippen molar-refractivity contribution in [1.29, 1.82) is 0 Å². The Labute approximate surface area is 215 Å². The van der Waals surface area contributed by atoms with Crippen LogP contribution in [0, 0.1) is 11.6 Å². The van der Waals surface area contributed by atoms with Gasteiger partial charge in [-0.15, -0.1) is 0 Å². The van der Waals surface area contributed by atoms with Crippen LogP contribution in [0.15, 0.2) is 89.5 Å². The van der Waals surface area contributed by atoms with Crippen molar-refractivity contribution >= 4 is 15.9 Å². The van der Waals surface area contributed by atoms with E-state index in [1.54, 1.807) is 56.6 Å². The lowest BCUT2D eigenvalue weighted by Gasteiger charge is -2.27. The predicted octanol–water partition coefficient (Wildman–Crippen LogP) is 4.26. The Hall–Kier alpha value is -3.60. The highest BCUT2D eigenvalue weighted by atomic mass is 32.2. The second-order valence-electron chi connectivity index (χ2n) is 8.77. The number of sulfonamides is 1. The number of carbonyl (C=O) groups excluding carboxylic acids is 1. The molecule has 0 aromatic heterocycles. The number of nitrogens with zero attached hydrogens (tertiary/aromatic N) is 2. The Morgan fingerprint density at radius 1 is 0.973 bits per heavy atom. The van der Waals surface area contributed by atoms with Crippen LogP contribution in [-0.2, 0) is 14.9 Å². The highest BCUT2D eigenvalue weighted by Crippen LogP contribution is 2.27. The van der Waals surface area contributed by atoms with Crippen molar-refractivity contribution in [3.63, 3.8) is 0 Å². The first-order valence-corrected chi connectivity index (χ1v) is 13.0. The Kier molecular flexibility index (Phi) is 8.01. The molecule has 3 aromatic carbocycles. The standard InChI is InChI=1S/C27H27F2N3O4S/c1-31(2)27(33)21-4-3-5-25(18-21)37(34,35)32-16-14-24(15-17-32)30-36-26(19-6-10-22(28)11-7-19)20-8-12-23(29)13-9-20/h3-14,18,26,30H,15-17H2,1-2H3.